The third-order valence-corrected chi connectivity index (χ3v) is 3.68. The van der Waals surface area contributed by atoms with Crippen LogP contribution < -0.4 is 0 Å². The number of rotatable bonds is 5. The molecule has 0 radical (unpaired) electrons. The highest BCUT2D eigenvalue weighted by atomic mass is 19.1. The summed E-state index contributed by atoms with van der Waals surface area (Å²) in [7, 11) is 0. The van der Waals surface area contributed by atoms with Gasteiger partial charge in [-0.2, -0.15) is 0 Å². The maximum atomic E-state index is 13.1. The summed E-state index contributed by atoms with van der Waals surface area (Å²) in [5.41, 5.74) is 0.749. The van der Waals surface area contributed by atoms with E-state index in [-0.39, 0.29) is 5.82 Å². The van der Waals surface area contributed by atoms with E-state index >= 15 is 0 Å². The molecule has 1 N–H and O–H groups in total. The van der Waals surface area contributed by atoms with Gasteiger partial charge in [0, 0.05) is 13.2 Å². The molecule has 19 heavy (non-hydrogen) atoms. The quantitative estimate of drug-likeness (QED) is 0.891. The van der Waals surface area contributed by atoms with Gasteiger partial charge in [0.15, 0.2) is 0 Å². The minimum absolute atomic E-state index is 0.312. The van der Waals surface area contributed by atoms with Gasteiger partial charge in [-0.15, -0.1) is 0 Å². The molecule has 3 nitrogen and oxygen atoms in total. The second kappa shape index (κ2) is 6.66. The summed E-state index contributed by atoms with van der Waals surface area (Å²) in [4.78, 5) is 11.3. The van der Waals surface area contributed by atoms with Crippen molar-refractivity contribution in [2.45, 2.75) is 25.7 Å². The highest BCUT2D eigenvalue weighted by Gasteiger charge is 2.24. The molecule has 0 amide bonds. The van der Waals surface area contributed by atoms with Crippen LogP contribution in [0.1, 0.15) is 24.8 Å². The summed E-state index contributed by atoms with van der Waals surface area (Å²) in [6, 6.07) is 6.19. The van der Waals surface area contributed by atoms with Crippen LogP contribution >= 0.6 is 0 Å². The number of carboxylic acids is 1. The molecular weight excluding hydrogens is 247 g/mol. The van der Waals surface area contributed by atoms with Gasteiger partial charge in [0.05, 0.1) is 5.92 Å². The van der Waals surface area contributed by atoms with Crippen molar-refractivity contribution in [3.63, 3.8) is 0 Å². The van der Waals surface area contributed by atoms with Gasteiger partial charge in [0.25, 0.3) is 0 Å². The summed E-state index contributed by atoms with van der Waals surface area (Å²) in [6.07, 6.45) is 2.89. The fourth-order valence-electron chi connectivity index (χ4n) is 2.60. The fourth-order valence-corrected chi connectivity index (χ4v) is 2.60. The van der Waals surface area contributed by atoms with E-state index in [1.54, 1.807) is 12.1 Å². The van der Waals surface area contributed by atoms with Gasteiger partial charge in [-0.05, 0) is 49.3 Å². The molecule has 1 aromatic carbocycles. The second-order valence-corrected chi connectivity index (χ2v) is 5.16. The lowest BCUT2D eigenvalue weighted by molar-refractivity contribution is -0.142. The van der Waals surface area contributed by atoms with Crippen molar-refractivity contribution in [3.8, 4) is 0 Å². The van der Waals surface area contributed by atoms with E-state index in [2.05, 4.69) is 0 Å². The molecular formula is C15H19FO3. The van der Waals surface area contributed by atoms with Gasteiger partial charge in [0.2, 0.25) is 0 Å². The Morgan fingerprint density at radius 2 is 2.16 bits per heavy atom. The SMILES string of the molecule is O=C(O)C(Cc1cccc(F)c1)CC1CCOCC1. The molecule has 0 aromatic heterocycles. The zero-order valence-electron chi connectivity index (χ0n) is 10.8. The van der Waals surface area contributed by atoms with Gasteiger partial charge in [0.1, 0.15) is 5.82 Å². The van der Waals surface area contributed by atoms with Gasteiger partial charge in [-0.25, -0.2) is 4.39 Å². The molecule has 4 heteroatoms. The predicted molar refractivity (Wildman–Crippen MR) is 69.4 cm³/mol. The van der Waals surface area contributed by atoms with Crippen LogP contribution in [-0.2, 0) is 16.0 Å². The average Bonchev–Trinajstić information content (AvgIpc) is 2.39. The Morgan fingerprint density at radius 1 is 1.42 bits per heavy atom. The Bertz CT molecular complexity index is 427. The van der Waals surface area contributed by atoms with Crippen molar-refractivity contribution in [3.05, 3.63) is 35.6 Å². The molecule has 0 spiro atoms. The van der Waals surface area contributed by atoms with E-state index in [1.165, 1.54) is 12.1 Å². The lowest BCUT2D eigenvalue weighted by Crippen LogP contribution is -2.24. The van der Waals surface area contributed by atoms with E-state index in [1.807, 2.05) is 0 Å². The number of carboxylic acid groups (broad SMARTS) is 1. The highest BCUT2D eigenvalue weighted by molar-refractivity contribution is 5.70. The van der Waals surface area contributed by atoms with E-state index < -0.39 is 11.9 Å². The van der Waals surface area contributed by atoms with Crippen LogP contribution in [0.4, 0.5) is 4.39 Å². The highest BCUT2D eigenvalue weighted by Crippen LogP contribution is 2.25. The number of hydrogen-bond acceptors (Lipinski definition) is 2. The zero-order valence-corrected chi connectivity index (χ0v) is 10.8. The fraction of sp³-hybridized carbons (Fsp3) is 0.533. The van der Waals surface area contributed by atoms with Crippen molar-refractivity contribution >= 4 is 5.97 Å². The first-order valence-electron chi connectivity index (χ1n) is 6.70. The molecule has 104 valence electrons. The van der Waals surface area contributed by atoms with Crippen LogP contribution in [0.5, 0.6) is 0 Å². The van der Waals surface area contributed by atoms with E-state index in [0.29, 0.717) is 18.8 Å². The summed E-state index contributed by atoms with van der Waals surface area (Å²) < 4.78 is 18.4. The van der Waals surface area contributed by atoms with Crippen LogP contribution in [-0.4, -0.2) is 24.3 Å². The number of halogens is 1. The molecule has 0 bridgehead atoms. The van der Waals surface area contributed by atoms with Gasteiger partial charge < -0.3 is 9.84 Å². The lowest BCUT2D eigenvalue weighted by atomic mass is 9.85. The third-order valence-electron chi connectivity index (χ3n) is 3.68. The molecule has 1 fully saturated rings. The number of benzene rings is 1. The molecule has 0 aliphatic carbocycles. The van der Waals surface area contributed by atoms with E-state index in [9.17, 15) is 14.3 Å². The van der Waals surface area contributed by atoms with Crippen LogP contribution in [0.3, 0.4) is 0 Å². The van der Waals surface area contributed by atoms with Crippen molar-refractivity contribution in [1.82, 2.24) is 0 Å². The summed E-state index contributed by atoms with van der Waals surface area (Å²) >= 11 is 0. The Hall–Kier alpha value is -1.42. The first-order chi connectivity index (χ1) is 9.15. The second-order valence-electron chi connectivity index (χ2n) is 5.16. The van der Waals surface area contributed by atoms with Gasteiger partial charge in [-0.3, -0.25) is 4.79 Å². The van der Waals surface area contributed by atoms with Crippen LogP contribution in [0, 0.1) is 17.7 Å². The zero-order chi connectivity index (χ0) is 13.7. The van der Waals surface area contributed by atoms with Crippen molar-refractivity contribution in [1.29, 1.82) is 0 Å². The number of aliphatic carboxylic acids is 1. The molecule has 1 unspecified atom stereocenters. The first-order valence-corrected chi connectivity index (χ1v) is 6.70. The molecule has 1 aliphatic rings. The number of hydrogen-bond donors (Lipinski definition) is 1. The van der Waals surface area contributed by atoms with Crippen LogP contribution in [0.2, 0.25) is 0 Å². The lowest BCUT2D eigenvalue weighted by Gasteiger charge is -2.24. The normalized spacial score (nSPS) is 18.2. The number of ether oxygens (including phenoxy) is 1. The minimum atomic E-state index is -0.796. The van der Waals surface area contributed by atoms with Crippen LogP contribution in [0.15, 0.2) is 24.3 Å². The third kappa shape index (κ3) is 4.31. The van der Waals surface area contributed by atoms with E-state index in [0.717, 1.165) is 31.6 Å². The Balaban J connectivity index is 1.97. The summed E-state index contributed by atoms with van der Waals surface area (Å²) in [5, 5.41) is 9.31. The first kappa shape index (κ1) is 14.0. The van der Waals surface area contributed by atoms with Crippen molar-refractivity contribution in [2.75, 3.05) is 13.2 Å². The maximum absolute atomic E-state index is 13.1. The van der Waals surface area contributed by atoms with Crippen molar-refractivity contribution in [2.24, 2.45) is 11.8 Å². The topological polar surface area (TPSA) is 46.5 Å². The molecule has 0 saturated carbocycles. The predicted octanol–water partition coefficient (Wildman–Crippen LogP) is 2.89. The minimum Gasteiger partial charge on any atom is -0.481 e. The summed E-state index contributed by atoms with van der Waals surface area (Å²) in [6.45, 7) is 1.44. The maximum Gasteiger partial charge on any atom is 0.306 e. The molecule has 1 saturated heterocycles. The van der Waals surface area contributed by atoms with Crippen LogP contribution in [0.25, 0.3) is 0 Å². The summed E-state index contributed by atoms with van der Waals surface area (Å²) in [5.74, 6) is -1.14. The largest absolute Gasteiger partial charge is 0.481 e. The Kier molecular flexibility index (Phi) is 4.91. The standard InChI is InChI=1S/C15H19FO3/c16-14-3-1-2-12(10-14)9-13(15(17)18)8-11-4-6-19-7-5-11/h1-3,10-11,13H,4-9H2,(H,17,18). The Morgan fingerprint density at radius 3 is 2.79 bits per heavy atom. The molecule has 1 atom stereocenters. The molecule has 1 heterocycles. The Labute approximate surface area is 112 Å². The molecule has 2 rings (SSSR count). The van der Waals surface area contributed by atoms with E-state index in [4.69, 9.17) is 4.74 Å². The smallest absolute Gasteiger partial charge is 0.306 e. The average molecular weight is 266 g/mol. The van der Waals surface area contributed by atoms with Gasteiger partial charge >= 0.3 is 5.97 Å². The van der Waals surface area contributed by atoms with Crippen molar-refractivity contribution < 1.29 is 19.0 Å². The number of carbonyl (C=O) groups is 1. The monoisotopic (exact) mass is 266 g/mol. The molecule has 1 aliphatic heterocycles. The van der Waals surface area contributed by atoms with Gasteiger partial charge in [-0.1, -0.05) is 12.1 Å². The molecule has 1 aromatic rings.